The summed E-state index contributed by atoms with van der Waals surface area (Å²) in [6, 6.07) is 14.8. The third-order valence-electron chi connectivity index (χ3n) is 4.31. The standard InChI is InChI=1S/C18H16N6O2/c25-16(9-12-10-17(26)20-15-4-2-1-3-14(12)15)19-13-7-5-11(6-8-13)18-21-23-24-22-18/h1-8,12H,9-10H2,(H,19,25)(H,20,26)(H,21,22,23,24). The Morgan fingerprint density at radius 3 is 2.73 bits per heavy atom. The zero-order chi connectivity index (χ0) is 17.9. The van der Waals surface area contributed by atoms with Gasteiger partial charge >= 0.3 is 0 Å². The van der Waals surface area contributed by atoms with Crippen molar-refractivity contribution in [2.24, 2.45) is 0 Å². The lowest BCUT2D eigenvalue weighted by molar-refractivity contribution is -0.118. The van der Waals surface area contributed by atoms with Gasteiger partial charge in [-0.15, -0.1) is 10.2 Å². The summed E-state index contributed by atoms with van der Waals surface area (Å²) in [5.41, 5.74) is 3.26. The van der Waals surface area contributed by atoms with Gasteiger partial charge in [-0.2, -0.15) is 5.21 Å². The van der Waals surface area contributed by atoms with Gasteiger partial charge in [-0.25, -0.2) is 0 Å². The summed E-state index contributed by atoms with van der Waals surface area (Å²) in [7, 11) is 0. The predicted molar refractivity (Wildman–Crippen MR) is 95.3 cm³/mol. The van der Waals surface area contributed by atoms with Gasteiger partial charge in [0.15, 0.2) is 0 Å². The second kappa shape index (κ2) is 6.75. The first-order valence-corrected chi connectivity index (χ1v) is 8.21. The highest BCUT2D eigenvalue weighted by Crippen LogP contribution is 2.34. The first kappa shape index (κ1) is 15.9. The Morgan fingerprint density at radius 1 is 1.15 bits per heavy atom. The lowest BCUT2D eigenvalue weighted by atomic mass is 9.88. The Balaban J connectivity index is 1.44. The summed E-state index contributed by atoms with van der Waals surface area (Å²) in [6.07, 6.45) is 0.554. The molecule has 8 heteroatoms. The average Bonchev–Trinajstić information content (AvgIpc) is 3.17. The fourth-order valence-electron chi connectivity index (χ4n) is 3.11. The number of carbonyl (C=O) groups is 2. The lowest BCUT2D eigenvalue weighted by Gasteiger charge is -2.25. The number of hydrogen-bond donors (Lipinski definition) is 3. The molecule has 2 heterocycles. The van der Waals surface area contributed by atoms with E-state index in [0.29, 0.717) is 17.9 Å². The van der Waals surface area contributed by atoms with E-state index in [-0.39, 0.29) is 24.2 Å². The average molecular weight is 348 g/mol. The monoisotopic (exact) mass is 348 g/mol. The maximum atomic E-state index is 12.4. The van der Waals surface area contributed by atoms with Crippen molar-refractivity contribution >= 4 is 23.2 Å². The topological polar surface area (TPSA) is 113 Å². The fourth-order valence-corrected chi connectivity index (χ4v) is 3.11. The molecule has 0 saturated heterocycles. The van der Waals surface area contributed by atoms with Gasteiger partial charge in [0.1, 0.15) is 0 Å². The first-order chi connectivity index (χ1) is 12.7. The van der Waals surface area contributed by atoms with Crippen LogP contribution in [-0.4, -0.2) is 32.4 Å². The van der Waals surface area contributed by atoms with Crippen molar-refractivity contribution in [3.8, 4) is 11.4 Å². The number of nitrogens with one attached hydrogen (secondary N) is 3. The van der Waals surface area contributed by atoms with E-state index in [1.165, 1.54) is 0 Å². The molecule has 130 valence electrons. The molecule has 8 nitrogen and oxygen atoms in total. The molecule has 3 aromatic rings. The van der Waals surface area contributed by atoms with E-state index in [4.69, 9.17) is 0 Å². The molecule has 2 amide bonds. The minimum atomic E-state index is -0.133. The van der Waals surface area contributed by atoms with Crippen LogP contribution in [0.25, 0.3) is 11.4 Å². The molecule has 1 aliphatic rings. The summed E-state index contributed by atoms with van der Waals surface area (Å²) in [5, 5.41) is 19.5. The molecule has 1 atom stereocenters. The molecule has 0 spiro atoms. The van der Waals surface area contributed by atoms with Gasteiger partial charge in [0, 0.05) is 35.7 Å². The molecule has 2 aromatic carbocycles. The molecule has 1 aromatic heterocycles. The van der Waals surface area contributed by atoms with Gasteiger partial charge in [-0.1, -0.05) is 18.2 Å². The number of para-hydroxylation sites is 1. The van der Waals surface area contributed by atoms with Crippen molar-refractivity contribution in [3.63, 3.8) is 0 Å². The quantitative estimate of drug-likeness (QED) is 0.670. The van der Waals surface area contributed by atoms with Crippen LogP contribution in [0.2, 0.25) is 0 Å². The van der Waals surface area contributed by atoms with Crippen molar-refractivity contribution in [2.75, 3.05) is 10.6 Å². The summed E-state index contributed by atoms with van der Waals surface area (Å²) in [5.74, 6) is 0.170. The number of benzene rings is 2. The number of tetrazole rings is 1. The Morgan fingerprint density at radius 2 is 1.96 bits per heavy atom. The van der Waals surface area contributed by atoms with E-state index >= 15 is 0 Å². The van der Waals surface area contributed by atoms with Gasteiger partial charge in [0.25, 0.3) is 0 Å². The zero-order valence-electron chi connectivity index (χ0n) is 13.8. The highest BCUT2D eigenvalue weighted by molar-refractivity contribution is 5.97. The highest BCUT2D eigenvalue weighted by Gasteiger charge is 2.26. The van der Waals surface area contributed by atoms with Crippen LogP contribution in [0.1, 0.15) is 24.3 Å². The number of rotatable bonds is 4. The molecule has 0 bridgehead atoms. The number of anilines is 2. The van der Waals surface area contributed by atoms with Crippen LogP contribution in [0.4, 0.5) is 11.4 Å². The smallest absolute Gasteiger partial charge is 0.225 e. The SMILES string of the molecule is O=C(CC1CC(=O)Nc2ccccc21)Nc1ccc(-c2nn[nH]n2)cc1. The molecule has 0 saturated carbocycles. The van der Waals surface area contributed by atoms with Crippen LogP contribution in [0.3, 0.4) is 0 Å². The number of hydrogen-bond acceptors (Lipinski definition) is 5. The Bertz CT molecular complexity index is 937. The van der Waals surface area contributed by atoms with E-state index < -0.39 is 0 Å². The van der Waals surface area contributed by atoms with E-state index in [0.717, 1.165) is 16.8 Å². The number of H-pyrrole nitrogens is 1. The molecule has 4 rings (SSSR count). The number of aromatic amines is 1. The third kappa shape index (κ3) is 3.30. The number of aromatic nitrogens is 4. The maximum Gasteiger partial charge on any atom is 0.225 e. The van der Waals surface area contributed by atoms with Gasteiger partial charge < -0.3 is 10.6 Å². The second-order valence-electron chi connectivity index (χ2n) is 6.10. The van der Waals surface area contributed by atoms with Gasteiger partial charge in [-0.05, 0) is 41.1 Å². The molecule has 1 unspecified atom stereocenters. The van der Waals surface area contributed by atoms with E-state index in [2.05, 4.69) is 31.3 Å². The minimum Gasteiger partial charge on any atom is -0.326 e. The van der Waals surface area contributed by atoms with E-state index in [1.807, 2.05) is 36.4 Å². The number of nitrogens with zero attached hydrogens (tertiary/aromatic N) is 3. The molecular formula is C18H16N6O2. The van der Waals surface area contributed by atoms with Crippen LogP contribution in [0.5, 0.6) is 0 Å². The largest absolute Gasteiger partial charge is 0.326 e. The van der Waals surface area contributed by atoms with Crippen molar-refractivity contribution in [3.05, 3.63) is 54.1 Å². The molecule has 0 radical (unpaired) electrons. The second-order valence-corrected chi connectivity index (χ2v) is 6.10. The van der Waals surface area contributed by atoms with Crippen LogP contribution in [0, 0.1) is 0 Å². The normalized spacial score (nSPS) is 15.8. The molecule has 0 aliphatic carbocycles. The molecular weight excluding hydrogens is 332 g/mol. The Labute approximate surface area is 149 Å². The number of amides is 2. The van der Waals surface area contributed by atoms with Crippen molar-refractivity contribution in [1.29, 1.82) is 0 Å². The molecule has 1 aliphatic heterocycles. The lowest BCUT2D eigenvalue weighted by Crippen LogP contribution is -2.25. The van der Waals surface area contributed by atoms with Crippen LogP contribution < -0.4 is 10.6 Å². The van der Waals surface area contributed by atoms with Gasteiger partial charge in [-0.3, -0.25) is 9.59 Å². The summed E-state index contributed by atoms with van der Waals surface area (Å²) in [6.45, 7) is 0. The van der Waals surface area contributed by atoms with Gasteiger partial charge in [0.05, 0.1) is 0 Å². The Kier molecular flexibility index (Phi) is 4.14. The zero-order valence-corrected chi connectivity index (χ0v) is 13.8. The third-order valence-corrected chi connectivity index (χ3v) is 4.31. The Hall–Kier alpha value is -3.55. The van der Waals surface area contributed by atoms with Crippen molar-refractivity contribution < 1.29 is 9.59 Å². The number of carbonyl (C=O) groups excluding carboxylic acids is 2. The van der Waals surface area contributed by atoms with Crippen molar-refractivity contribution in [1.82, 2.24) is 20.6 Å². The number of fused-ring (bicyclic) bond motifs is 1. The summed E-state index contributed by atoms with van der Waals surface area (Å²) < 4.78 is 0. The highest BCUT2D eigenvalue weighted by atomic mass is 16.2. The van der Waals surface area contributed by atoms with E-state index in [9.17, 15) is 9.59 Å². The van der Waals surface area contributed by atoms with Crippen molar-refractivity contribution in [2.45, 2.75) is 18.8 Å². The van der Waals surface area contributed by atoms with Crippen LogP contribution in [-0.2, 0) is 9.59 Å². The van der Waals surface area contributed by atoms with E-state index in [1.54, 1.807) is 12.1 Å². The minimum absolute atomic E-state index is 0.0639. The molecule has 3 N–H and O–H groups in total. The van der Waals surface area contributed by atoms with Crippen LogP contribution >= 0.6 is 0 Å². The molecule has 0 fully saturated rings. The predicted octanol–water partition coefficient (Wildman–Crippen LogP) is 2.32. The van der Waals surface area contributed by atoms with Gasteiger partial charge in [0.2, 0.25) is 17.6 Å². The molecule has 26 heavy (non-hydrogen) atoms. The summed E-state index contributed by atoms with van der Waals surface area (Å²) >= 11 is 0. The summed E-state index contributed by atoms with van der Waals surface area (Å²) in [4.78, 5) is 24.3. The fraction of sp³-hybridized carbons (Fsp3) is 0.167. The maximum absolute atomic E-state index is 12.4. The first-order valence-electron chi connectivity index (χ1n) is 8.21. The van der Waals surface area contributed by atoms with Crippen LogP contribution in [0.15, 0.2) is 48.5 Å².